The first-order valence-electron chi connectivity index (χ1n) is 23.4. The molecule has 52 heavy (non-hydrogen) atoms. The topological polar surface area (TPSA) is 110 Å². The monoisotopic (exact) mass is 740 g/mol. The minimum absolute atomic E-state index is 0.144. The van der Waals surface area contributed by atoms with Crippen molar-refractivity contribution < 1.29 is 25.2 Å². The van der Waals surface area contributed by atoms with E-state index in [1.54, 1.807) is 0 Å². The fraction of sp³-hybridized carbons (Fsp3) is 0.978. The molecule has 0 rings (SSSR count). The van der Waals surface area contributed by atoms with Crippen molar-refractivity contribution in [3.8, 4) is 0 Å². The summed E-state index contributed by atoms with van der Waals surface area (Å²) in [5.74, 6) is -0.144. The van der Waals surface area contributed by atoms with Gasteiger partial charge in [0.05, 0.1) is 18.8 Å². The van der Waals surface area contributed by atoms with Gasteiger partial charge in [-0.25, -0.2) is 0 Å². The third-order valence-corrected chi connectivity index (χ3v) is 11.3. The molecule has 312 valence electrons. The molecule has 3 atom stereocenters. The first kappa shape index (κ1) is 51.3. The molecule has 0 saturated heterocycles. The molecule has 5 N–H and O–H groups in total. The average Bonchev–Trinajstić information content (AvgIpc) is 3.15. The van der Waals surface area contributed by atoms with Crippen molar-refractivity contribution in [1.29, 1.82) is 0 Å². The highest BCUT2D eigenvalue weighted by molar-refractivity contribution is 5.76. The van der Waals surface area contributed by atoms with Gasteiger partial charge in [0.2, 0.25) is 5.91 Å². The summed E-state index contributed by atoms with van der Waals surface area (Å²) < 4.78 is 0. The van der Waals surface area contributed by atoms with Gasteiger partial charge in [0.1, 0.15) is 6.10 Å². The van der Waals surface area contributed by atoms with Gasteiger partial charge >= 0.3 is 0 Å². The third-order valence-electron chi connectivity index (χ3n) is 11.3. The molecule has 0 saturated carbocycles. The minimum Gasteiger partial charge on any atom is -0.396 e. The number of aliphatic hydroxyl groups is 4. The molecule has 6 nitrogen and oxygen atoms in total. The van der Waals surface area contributed by atoms with Crippen molar-refractivity contribution in [3.05, 3.63) is 0 Å². The van der Waals surface area contributed by atoms with Crippen LogP contribution in [-0.4, -0.2) is 57.8 Å². The maximum absolute atomic E-state index is 12.4. The Balaban J connectivity index is 3.49. The number of unbranched alkanes of at least 4 members (excludes halogenated alkanes) is 35. The molecule has 0 aliphatic rings. The van der Waals surface area contributed by atoms with Crippen LogP contribution in [0.3, 0.4) is 0 Å². The molecular formula is C46H93NO5. The summed E-state index contributed by atoms with van der Waals surface area (Å²) in [5, 5.41) is 42.3. The van der Waals surface area contributed by atoms with Gasteiger partial charge in [-0.1, -0.05) is 232 Å². The van der Waals surface area contributed by atoms with E-state index < -0.39 is 18.2 Å². The van der Waals surface area contributed by atoms with E-state index >= 15 is 0 Å². The van der Waals surface area contributed by atoms with E-state index in [4.69, 9.17) is 5.11 Å². The number of carbonyl (C=O) groups excluding carboxylic acids is 1. The highest BCUT2D eigenvalue weighted by Gasteiger charge is 2.26. The lowest BCUT2D eigenvalue weighted by atomic mass is 9.99. The van der Waals surface area contributed by atoms with Gasteiger partial charge in [-0.3, -0.25) is 4.79 Å². The maximum atomic E-state index is 12.4. The Hall–Kier alpha value is -0.690. The molecule has 0 bridgehead atoms. The summed E-state index contributed by atoms with van der Waals surface area (Å²) in [4.78, 5) is 12.4. The number of amides is 1. The summed E-state index contributed by atoms with van der Waals surface area (Å²) >= 11 is 0. The molecule has 0 heterocycles. The second-order valence-electron chi connectivity index (χ2n) is 16.4. The standard InChI is InChI=1S/C46H93NO5/c1-2-3-4-5-6-7-8-24-27-30-33-36-39-44(50)46(52)43(42-49)47-45(51)40-37-34-31-28-25-22-20-18-16-14-12-10-9-11-13-15-17-19-21-23-26-29-32-35-38-41-48/h43-44,46,48-50,52H,2-42H2,1H3,(H,47,51)/t43-,44?,46+/m1/s1. The van der Waals surface area contributed by atoms with Crippen molar-refractivity contribution >= 4 is 5.91 Å². The van der Waals surface area contributed by atoms with Gasteiger partial charge < -0.3 is 25.7 Å². The van der Waals surface area contributed by atoms with E-state index in [0.717, 1.165) is 44.9 Å². The number of hydrogen-bond acceptors (Lipinski definition) is 5. The van der Waals surface area contributed by atoms with Gasteiger partial charge in [-0.05, 0) is 19.3 Å². The van der Waals surface area contributed by atoms with E-state index in [1.165, 1.54) is 193 Å². The summed E-state index contributed by atoms with van der Waals surface area (Å²) in [6.07, 6.45) is 46.6. The average molecular weight is 740 g/mol. The minimum atomic E-state index is -1.13. The maximum Gasteiger partial charge on any atom is 0.220 e. The Morgan fingerprint density at radius 3 is 1.02 bits per heavy atom. The van der Waals surface area contributed by atoms with Gasteiger partial charge in [0, 0.05) is 13.0 Å². The Labute approximate surface area is 324 Å². The zero-order valence-electron chi connectivity index (χ0n) is 34.9. The third kappa shape index (κ3) is 37.6. The van der Waals surface area contributed by atoms with Crippen molar-refractivity contribution in [2.24, 2.45) is 0 Å². The second kappa shape index (κ2) is 43.0. The fourth-order valence-corrected chi connectivity index (χ4v) is 7.61. The SMILES string of the molecule is CCCCCCCCCCCCCCC(O)[C@@H](O)[C@@H](CO)NC(=O)CCCCCCCCCCCCCCCCCCCCCCCCCCCO. The Morgan fingerprint density at radius 2 is 0.712 bits per heavy atom. The van der Waals surface area contributed by atoms with Crippen LogP contribution in [0.15, 0.2) is 0 Å². The summed E-state index contributed by atoms with van der Waals surface area (Å²) in [7, 11) is 0. The molecule has 0 aromatic heterocycles. The predicted molar refractivity (Wildman–Crippen MR) is 224 cm³/mol. The van der Waals surface area contributed by atoms with Crippen LogP contribution in [0.5, 0.6) is 0 Å². The highest BCUT2D eigenvalue weighted by Crippen LogP contribution is 2.17. The highest BCUT2D eigenvalue weighted by atomic mass is 16.3. The van der Waals surface area contributed by atoms with Gasteiger partial charge in [-0.15, -0.1) is 0 Å². The number of hydrogen-bond donors (Lipinski definition) is 5. The first-order valence-corrected chi connectivity index (χ1v) is 23.4. The lowest BCUT2D eigenvalue weighted by Crippen LogP contribution is -2.50. The summed E-state index contributed by atoms with van der Waals surface area (Å²) in [6, 6.07) is -0.806. The van der Waals surface area contributed by atoms with Crippen LogP contribution in [0.4, 0.5) is 0 Å². The molecular weight excluding hydrogens is 647 g/mol. The van der Waals surface area contributed by atoms with Crippen molar-refractivity contribution in [2.75, 3.05) is 13.2 Å². The first-order chi connectivity index (χ1) is 25.6. The zero-order chi connectivity index (χ0) is 38.0. The Morgan fingerprint density at radius 1 is 0.423 bits per heavy atom. The smallest absolute Gasteiger partial charge is 0.220 e. The van der Waals surface area contributed by atoms with Crippen LogP contribution in [0.2, 0.25) is 0 Å². The molecule has 0 aromatic carbocycles. The molecule has 0 aromatic rings. The van der Waals surface area contributed by atoms with Crippen LogP contribution in [0, 0.1) is 0 Å². The molecule has 0 fully saturated rings. The zero-order valence-corrected chi connectivity index (χ0v) is 34.9. The normalized spacial score (nSPS) is 13.4. The van der Waals surface area contributed by atoms with E-state index in [-0.39, 0.29) is 12.5 Å². The number of carbonyl (C=O) groups is 1. The van der Waals surface area contributed by atoms with Gasteiger partial charge in [0.25, 0.3) is 0 Å². The Kier molecular flexibility index (Phi) is 42.5. The van der Waals surface area contributed by atoms with Crippen molar-refractivity contribution in [1.82, 2.24) is 5.32 Å². The van der Waals surface area contributed by atoms with Crippen molar-refractivity contribution in [2.45, 2.75) is 276 Å². The van der Waals surface area contributed by atoms with Crippen molar-refractivity contribution in [3.63, 3.8) is 0 Å². The predicted octanol–water partition coefficient (Wildman–Crippen LogP) is 12.4. The lowest BCUT2D eigenvalue weighted by molar-refractivity contribution is -0.124. The van der Waals surface area contributed by atoms with Crippen LogP contribution < -0.4 is 5.32 Å². The van der Waals surface area contributed by atoms with E-state index in [1.807, 2.05) is 0 Å². The summed E-state index contributed by atoms with van der Waals surface area (Å²) in [5.41, 5.74) is 0. The molecule has 0 aliphatic carbocycles. The molecule has 1 amide bonds. The van der Waals surface area contributed by atoms with Crippen LogP contribution in [-0.2, 0) is 4.79 Å². The number of nitrogens with one attached hydrogen (secondary N) is 1. The molecule has 0 spiro atoms. The van der Waals surface area contributed by atoms with Crippen LogP contribution in [0.25, 0.3) is 0 Å². The summed E-state index contributed by atoms with van der Waals surface area (Å²) in [6.45, 7) is 2.25. The molecule has 1 unspecified atom stereocenters. The quantitative estimate of drug-likeness (QED) is 0.0400. The van der Waals surface area contributed by atoms with E-state index in [9.17, 15) is 20.1 Å². The van der Waals surface area contributed by atoms with Gasteiger partial charge in [-0.2, -0.15) is 0 Å². The number of rotatable bonds is 44. The molecule has 0 aliphatic heterocycles. The second-order valence-corrected chi connectivity index (χ2v) is 16.4. The van der Waals surface area contributed by atoms with Gasteiger partial charge in [0.15, 0.2) is 0 Å². The molecule has 6 heteroatoms. The van der Waals surface area contributed by atoms with Crippen LogP contribution >= 0.6 is 0 Å². The lowest BCUT2D eigenvalue weighted by Gasteiger charge is -2.26. The Bertz CT molecular complexity index is 692. The van der Waals surface area contributed by atoms with E-state index in [2.05, 4.69) is 12.2 Å². The van der Waals surface area contributed by atoms with Crippen LogP contribution in [0.1, 0.15) is 257 Å². The van der Waals surface area contributed by atoms with E-state index in [0.29, 0.717) is 19.4 Å². The largest absolute Gasteiger partial charge is 0.396 e. The fourth-order valence-electron chi connectivity index (χ4n) is 7.61. The number of aliphatic hydroxyl groups excluding tert-OH is 4. The molecule has 0 radical (unpaired) electrons.